The van der Waals surface area contributed by atoms with Crippen molar-refractivity contribution >= 4 is 11.8 Å². The maximum absolute atomic E-state index is 12.5. The molecule has 108 valence electrons. The number of rotatable bonds is 2. The summed E-state index contributed by atoms with van der Waals surface area (Å²) in [5.74, 6) is -0.277. The van der Waals surface area contributed by atoms with Crippen LogP contribution in [0.1, 0.15) is 17.3 Å². The molecule has 0 bridgehead atoms. The van der Waals surface area contributed by atoms with Gasteiger partial charge in [0.2, 0.25) is 5.91 Å². The molecule has 2 aromatic rings. The van der Waals surface area contributed by atoms with E-state index in [1.54, 1.807) is 36.1 Å². The zero-order valence-corrected chi connectivity index (χ0v) is 11.4. The third-order valence-electron chi connectivity index (χ3n) is 3.49. The van der Waals surface area contributed by atoms with E-state index in [0.717, 1.165) is 5.69 Å². The summed E-state index contributed by atoms with van der Waals surface area (Å²) in [4.78, 5) is 25.6. The molecule has 0 radical (unpaired) electrons. The van der Waals surface area contributed by atoms with E-state index in [1.807, 2.05) is 0 Å². The van der Waals surface area contributed by atoms with Crippen molar-refractivity contribution in [3.8, 4) is 5.69 Å². The molecule has 1 aliphatic heterocycles. The monoisotopic (exact) mass is 286 g/mol. The first kappa shape index (κ1) is 13.2. The van der Waals surface area contributed by atoms with E-state index in [-0.39, 0.29) is 11.8 Å². The minimum Gasteiger partial charge on any atom is -0.353 e. The number of aromatic nitrogens is 4. The highest BCUT2D eigenvalue weighted by Crippen LogP contribution is 2.13. The molecule has 1 unspecified atom stereocenters. The Bertz CT molecular complexity index is 652. The highest BCUT2D eigenvalue weighted by atomic mass is 16.2. The van der Waals surface area contributed by atoms with Crippen LogP contribution in [0.3, 0.4) is 0 Å². The topological polar surface area (TPSA) is 93.0 Å². The quantitative estimate of drug-likeness (QED) is 0.812. The number of hydrogen-bond donors (Lipinski definition) is 1. The molecular formula is C13H14N6O2. The van der Waals surface area contributed by atoms with Gasteiger partial charge in [0.25, 0.3) is 5.91 Å². The van der Waals surface area contributed by atoms with Crippen LogP contribution in [-0.2, 0) is 4.79 Å². The van der Waals surface area contributed by atoms with E-state index >= 15 is 0 Å². The average Bonchev–Trinajstić information content (AvgIpc) is 3.04. The Balaban J connectivity index is 1.80. The van der Waals surface area contributed by atoms with Gasteiger partial charge in [-0.25, -0.2) is 4.68 Å². The number of amides is 2. The Hall–Kier alpha value is -2.77. The third kappa shape index (κ3) is 2.47. The largest absolute Gasteiger partial charge is 0.353 e. The zero-order chi connectivity index (χ0) is 14.8. The predicted octanol–water partition coefficient (Wildman–Crippen LogP) is -0.377. The van der Waals surface area contributed by atoms with Gasteiger partial charge in [-0.15, -0.1) is 5.10 Å². The van der Waals surface area contributed by atoms with Crippen LogP contribution in [0.2, 0.25) is 0 Å². The lowest BCUT2D eigenvalue weighted by Gasteiger charge is -2.32. The summed E-state index contributed by atoms with van der Waals surface area (Å²) < 4.78 is 1.51. The molecule has 0 aliphatic carbocycles. The summed E-state index contributed by atoms with van der Waals surface area (Å²) >= 11 is 0. The van der Waals surface area contributed by atoms with E-state index in [0.29, 0.717) is 18.7 Å². The van der Waals surface area contributed by atoms with Gasteiger partial charge >= 0.3 is 0 Å². The first-order chi connectivity index (χ1) is 10.2. The molecule has 2 amide bonds. The van der Waals surface area contributed by atoms with Crippen LogP contribution in [0.5, 0.6) is 0 Å². The normalized spacial score (nSPS) is 18.4. The zero-order valence-electron chi connectivity index (χ0n) is 11.4. The summed E-state index contributed by atoms with van der Waals surface area (Å²) in [6.45, 7) is 2.72. The Labute approximate surface area is 120 Å². The molecule has 2 heterocycles. The molecule has 1 saturated heterocycles. The minimum absolute atomic E-state index is 0.125. The first-order valence-corrected chi connectivity index (χ1v) is 6.59. The third-order valence-corrected chi connectivity index (χ3v) is 3.49. The molecular weight excluding hydrogens is 272 g/mol. The standard InChI is InChI=1S/C13H14N6O2/c1-9-12(20)14-6-7-18(9)13(21)10-2-4-11(5-3-10)19-8-15-16-17-19/h2-5,8-9H,6-7H2,1H3,(H,14,20). The van der Waals surface area contributed by atoms with Crippen LogP contribution < -0.4 is 5.32 Å². The number of hydrogen-bond acceptors (Lipinski definition) is 5. The fraction of sp³-hybridized carbons (Fsp3) is 0.308. The van der Waals surface area contributed by atoms with Crippen LogP contribution in [-0.4, -0.2) is 56.1 Å². The molecule has 0 saturated carbocycles. The first-order valence-electron chi connectivity index (χ1n) is 6.59. The van der Waals surface area contributed by atoms with Gasteiger partial charge in [-0.3, -0.25) is 9.59 Å². The van der Waals surface area contributed by atoms with E-state index in [9.17, 15) is 9.59 Å². The van der Waals surface area contributed by atoms with Gasteiger partial charge in [0.1, 0.15) is 12.4 Å². The molecule has 1 N–H and O–H groups in total. The lowest BCUT2D eigenvalue weighted by atomic mass is 10.1. The second-order valence-electron chi connectivity index (χ2n) is 4.77. The number of carbonyl (C=O) groups is 2. The average molecular weight is 286 g/mol. The number of piperazine rings is 1. The smallest absolute Gasteiger partial charge is 0.254 e. The van der Waals surface area contributed by atoms with E-state index in [4.69, 9.17) is 0 Å². The van der Waals surface area contributed by atoms with E-state index < -0.39 is 6.04 Å². The fourth-order valence-corrected chi connectivity index (χ4v) is 2.26. The minimum atomic E-state index is -0.453. The lowest BCUT2D eigenvalue weighted by molar-refractivity contribution is -0.127. The Morgan fingerprint density at radius 3 is 2.76 bits per heavy atom. The van der Waals surface area contributed by atoms with Crippen molar-refractivity contribution in [2.75, 3.05) is 13.1 Å². The molecule has 1 fully saturated rings. The highest BCUT2D eigenvalue weighted by Gasteiger charge is 2.29. The molecule has 8 heteroatoms. The second-order valence-corrected chi connectivity index (χ2v) is 4.77. The maximum atomic E-state index is 12.5. The molecule has 3 rings (SSSR count). The summed E-state index contributed by atoms with van der Waals surface area (Å²) in [5, 5.41) is 13.6. The molecule has 1 aromatic carbocycles. The summed E-state index contributed by atoms with van der Waals surface area (Å²) in [7, 11) is 0. The van der Waals surface area contributed by atoms with Crippen LogP contribution in [0.15, 0.2) is 30.6 Å². The van der Waals surface area contributed by atoms with Gasteiger partial charge in [0, 0.05) is 18.7 Å². The van der Waals surface area contributed by atoms with Gasteiger partial charge in [-0.1, -0.05) is 0 Å². The lowest BCUT2D eigenvalue weighted by Crippen LogP contribution is -2.55. The Morgan fingerprint density at radius 1 is 1.33 bits per heavy atom. The van der Waals surface area contributed by atoms with Crippen molar-refractivity contribution in [3.63, 3.8) is 0 Å². The SMILES string of the molecule is CC1C(=O)NCCN1C(=O)c1ccc(-n2cnnn2)cc1. The summed E-state index contributed by atoms with van der Waals surface area (Å²) in [6, 6.07) is 6.48. The van der Waals surface area contributed by atoms with Crippen LogP contribution in [0.25, 0.3) is 5.69 Å². The van der Waals surface area contributed by atoms with Crippen LogP contribution >= 0.6 is 0 Å². The van der Waals surface area contributed by atoms with E-state index in [2.05, 4.69) is 20.8 Å². The van der Waals surface area contributed by atoms with Crippen molar-refractivity contribution in [1.29, 1.82) is 0 Å². The van der Waals surface area contributed by atoms with Crippen LogP contribution in [0.4, 0.5) is 0 Å². The molecule has 21 heavy (non-hydrogen) atoms. The number of nitrogens with one attached hydrogen (secondary N) is 1. The molecule has 1 atom stereocenters. The number of nitrogens with zero attached hydrogens (tertiary/aromatic N) is 5. The van der Waals surface area contributed by atoms with Gasteiger partial charge in [0.05, 0.1) is 5.69 Å². The molecule has 1 aliphatic rings. The van der Waals surface area contributed by atoms with Gasteiger partial charge in [0.15, 0.2) is 0 Å². The highest BCUT2D eigenvalue weighted by molar-refractivity contribution is 5.98. The summed E-state index contributed by atoms with van der Waals surface area (Å²) in [6.07, 6.45) is 1.48. The van der Waals surface area contributed by atoms with Crippen molar-refractivity contribution in [2.24, 2.45) is 0 Å². The molecule has 1 aromatic heterocycles. The van der Waals surface area contributed by atoms with Crippen molar-refractivity contribution in [3.05, 3.63) is 36.2 Å². The van der Waals surface area contributed by atoms with Crippen LogP contribution in [0, 0.1) is 0 Å². The summed E-state index contributed by atoms with van der Waals surface area (Å²) in [5.41, 5.74) is 1.30. The van der Waals surface area contributed by atoms with Crippen molar-refractivity contribution in [2.45, 2.75) is 13.0 Å². The second kappa shape index (κ2) is 5.31. The number of benzene rings is 1. The Kier molecular flexibility index (Phi) is 3.35. The van der Waals surface area contributed by atoms with Gasteiger partial charge in [-0.05, 0) is 41.6 Å². The predicted molar refractivity (Wildman–Crippen MR) is 72.7 cm³/mol. The molecule has 0 spiro atoms. The van der Waals surface area contributed by atoms with Gasteiger partial charge in [-0.2, -0.15) is 0 Å². The maximum Gasteiger partial charge on any atom is 0.254 e. The van der Waals surface area contributed by atoms with Crippen molar-refractivity contribution in [1.82, 2.24) is 30.4 Å². The van der Waals surface area contributed by atoms with Gasteiger partial charge < -0.3 is 10.2 Å². The van der Waals surface area contributed by atoms with E-state index in [1.165, 1.54) is 11.0 Å². The fourth-order valence-electron chi connectivity index (χ4n) is 2.26. The Morgan fingerprint density at radius 2 is 2.10 bits per heavy atom. The number of carbonyl (C=O) groups excluding carboxylic acids is 2. The molecule has 8 nitrogen and oxygen atoms in total. The number of tetrazole rings is 1. The van der Waals surface area contributed by atoms with Crippen molar-refractivity contribution < 1.29 is 9.59 Å².